The highest BCUT2D eigenvalue weighted by Crippen LogP contribution is 2.32. The number of pyridine rings is 1. The Balaban J connectivity index is 1.77. The first-order valence-electron chi connectivity index (χ1n) is 8.36. The minimum Gasteiger partial charge on any atom is -0.355 e. The van der Waals surface area contributed by atoms with Crippen LogP contribution in [0.1, 0.15) is 28.9 Å². The summed E-state index contributed by atoms with van der Waals surface area (Å²) in [6.45, 7) is 2.33. The molecule has 2 aliphatic rings. The summed E-state index contributed by atoms with van der Waals surface area (Å²) in [5, 5.41) is 0.939. The molecule has 1 atom stereocenters. The molecule has 4 heterocycles. The Kier molecular flexibility index (Phi) is 3.90. The van der Waals surface area contributed by atoms with Crippen LogP contribution in [-0.2, 0) is 13.5 Å². The average molecular weight is 348 g/mol. The van der Waals surface area contributed by atoms with E-state index in [1.54, 1.807) is 4.90 Å². The predicted octanol–water partition coefficient (Wildman–Crippen LogP) is 2.79. The molecule has 0 N–H and O–H groups in total. The Hall–Kier alpha value is -1.76. The van der Waals surface area contributed by atoms with E-state index in [9.17, 15) is 8.68 Å². The van der Waals surface area contributed by atoms with E-state index >= 15 is 0 Å². The van der Waals surface area contributed by atoms with Gasteiger partial charge in [0.2, 0.25) is 0 Å². The van der Waals surface area contributed by atoms with Crippen molar-refractivity contribution in [1.82, 2.24) is 14.5 Å². The summed E-state index contributed by atoms with van der Waals surface area (Å²) in [5.41, 5.74) is 2.70. The number of nitrogens with zero attached hydrogens (tertiary/aromatic N) is 4. The number of aryl methyl sites for hydroxylation is 1. The summed E-state index contributed by atoms with van der Waals surface area (Å²) in [6.07, 6.45) is 2.75. The van der Waals surface area contributed by atoms with Crippen LogP contribution >= 0.6 is 12.1 Å². The third-order valence-electron chi connectivity index (χ3n) is 5.21. The second kappa shape index (κ2) is 5.95. The predicted molar refractivity (Wildman–Crippen MR) is 95.3 cm³/mol. The smallest absolute Gasteiger partial charge is 0.256 e. The molecule has 0 radical (unpaired) electrons. The SMILES string of the molecule is CN1CCc2c(c3ccc(N4CCCC(SF)C4)nc3n2C)C1=O. The monoisotopic (exact) mass is 348 g/mol. The number of likely N-dealkylation sites (N-methyl/N-ethyl adjacent to an activating group) is 1. The molecule has 4 rings (SSSR count). The Bertz CT molecular complexity index is 805. The molecule has 0 aliphatic carbocycles. The highest BCUT2D eigenvalue weighted by Gasteiger charge is 2.29. The minimum absolute atomic E-state index is 0.0214. The quantitative estimate of drug-likeness (QED) is 0.837. The molecule has 0 saturated carbocycles. The molecule has 128 valence electrons. The van der Waals surface area contributed by atoms with Crippen molar-refractivity contribution >= 4 is 34.9 Å². The Morgan fingerprint density at radius 3 is 2.92 bits per heavy atom. The molecular weight excluding hydrogens is 327 g/mol. The Morgan fingerprint density at radius 2 is 2.12 bits per heavy atom. The molecule has 2 aromatic rings. The van der Waals surface area contributed by atoms with Crippen molar-refractivity contribution in [2.45, 2.75) is 24.5 Å². The summed E-state index contributed by atoms with van der Waals surface area (Å²) in [4.78, 5) is 21.3. The number of piperidine rings is 1. The van der Waals surface area contributed by atoms with Crippen LogP contribution in [0.25, 0.3) is 11.0 Å². The third-order valence-corrected chi connectivity index (χ3v) is 5.85. The van der Waals surface area contributed by atoms with Crippen LogP contribution in [0.5, 0.6) is 0 Å². The molecular formula is C17H21FN4OS. The van der Waals surface area contributed by atoms with E-state index in [4.69, 9.17) is 4.98 Å². The summed E-state index contributed by atoms with van der Waals surface area (Å²) < 4.78 is 15.0. The van der Waals surface area contributed by atoms with Gasteiger partial charge in [-0.1, -0.05) is 0 Å². The summed E-state index contributed by atoms with van der Waals surface area (Å²) in [6, 6.07) is 3.97. The van der Waals surface area contributed by atoms with Crippen molar-refractivity contribution in [2.24, 2.45) is 7.05 Å². The van der Waals surface area contributed by atoms with E-state index in [1.807, 2.05) is 30.8 Å². The van der Waals surface area contributed by atoms with Gasteiger partial charge in [0, 0.05) is 63.4 Å². The first-order chi connectivity index (χ1) is 11.6. The highest BCUT2D eigenvalue weighted by atomic mass is 32.2. The fraction of sp³-hybridized carbons (Fsp3) is 0.529. The van der Waals surface area contributed by atoms with Crippen molar-refractivity contribution in [2.75, 3.05) is 31.6 Å². The second-order valence-corrected chi connectivity index (χ2v) is 7.54. The molecule has 0 spiro atoms. The number of rotatable bonds is 2. The van der Waals surface area contributed by atoms with Gasteiger partial charge in [-0.2, -0.15) is 3.89 Å². The highest BCUT2D eigenvalue weighted by molar-refractivity contribution is 7.94. The number of fused-ring (bicyclic) bond motifs is 3. The third kappa shape index (κ3) is 2.37. The average Bonchev–Trinajstić information content (AvgIpc) is 2.91. The van der Waals surface area contributed by atoms with Crippen LogP contribution in [0, 0.1) is 0 Å². The lowest BCUT2D eigenvalue weighted by molar-refractivity contribution is 0.0781. The van der Waals surface area contributed by atoms with Gasteiger partial charge in [-0.05, 0) is 25.0 Å². The zero-order valence-corrected chi connectivity index (χ0v) is 14.8. The number of amides is 1. The van der Waals surface area contributed by atoms with Gasteiger partial charge < -0.3 is 14.4 Å². The van der Waals surface area contributed by atoms with Crippen molar-refractivity contribution in [3.63, 3.8) is 0 Å². The second-order valence-electron chi connectivity index (χ2n) is 6.70. The van der Waals surface area contributed by atoms with Gasteiger partial charge >= 0.3 is 0 Å². The number of aromatic nitrogens is 2. The minimum atomic E-state index is 0.0214. The zero-order chi connectivity index (χ0) is 16.8. The lowest BCUT2D eigenvalue weighted by Gasteiger charge is -2.31. The van der Waals surface area contributed by atoms with Crippen LogP contribution in [0.4, 0.5) is 9.70 Å². The lowest BCUT2D eigenvalue weighted by atomic mass is 10.0. The molecule has 0 bridgehead atoms. The van der Waals surface area contributed by atoms with Gasteiger partial charge in [-0.3, -0.25) is 4.79 Å². The van der Waals surface area contributed by atoms with E-state index in [1.165, 1.54) is 0 Å². The molecule has 24 heavy (non-hydrogen) atoms. The molecule has 1 unspecified atom stereocenters. The molecule has 2 aromatic heterocycles. The van der Waals surface area contributed by atoms with Crippen molar-refractivity contribution < 1.29 is 8.68 Å². The fourth-order valence-electron chi connectivity index (χ4n) is 3.83. The van der Waals surface area contributed by atoms with Crippen molar-refractivity contribution in [3.05, 3.63) is 23.4 Å². The van der Waals surface area contributed by atoms with E-state index in [0.717, 1.165) is 60.5 Å². The zero-order valence-electron chi connectivity index (χ0n) is 14.0. The molecule has 2 aliphatic heterocycles. The number of hydrogen-bond donors (Lipinski definition) is 0. The lowest BCUT2D eigenvalue weighted by Crippen LogP contribution is -2.37. The first-order valence-corrected chi connectivity index (χ1v) is 9.14. The van der Waals surface area contributed by atoms with Crippen LogP contribution in [0.15, 0.2) is 12.1 Å². The maximum Gasteiger partial charge on any atom is 0.256 e. The van der Waals surface area contributed by atoms with Gasteiger partial charge in [-0.15, -0.1) is 0 Å². The van der Waals surface area contributed by atoms with Gasteiger partial charge in [0.25, 0.3) is 5.91 Å². The van der Waals surface area contributed by atoms with Crippen molar-refractivity contribution in [3.8, 4) is 0 Å². The van der Waals surface area contributed by atoms with E-state index in [2.05, 4.69) is 4.90 Å². The summed E-state index contributed by atoms with van der Waals surface area (Å²) in [5.74, 6) is 0.947. The van der Waals surface area contributed by atoms with Crippen LogP contribution in [0.3, 0.4) is 0 Å². The standard InChI is InChI=1S/C17H21FN4OS/c1-20-9-7-13-15(17(20)23)12-5-6-14(19-16(12)21(13)2)22-8-3-4-11(10-22)24-18/h5-6,11H,3-4,7-10H2,1-2H3. The molecule has 7 heteroatoms. The maximum atomic E-state index is 12.9. The van der Waals surface area contributed by atoms with E-state index in [-0.39, 0.29) is 11.2 Å². The van der Waals surface area contributed by atoms with Gasteiger partial charge in [0.15, 0.2) is 0 Å². The molecule has 1 saturated heterocycles. The molecule has 5 nitrogen and oxygen atoms in total. The Morgan fingerprint density at radius 1 is 1.29 bits per heavy atom. The van der Waals surface area contributed by atoms with Gasteiger partial charge in [0.1, 0.15) is 11.5 Å². The molecule has 0 aromatic carbocycles. The van der Waals surface area contributed by atoms with Gasteiger partial charge in [-0.25, -0.2) is 4.98 Å². The number of halogens is 1. The first kappa shape index (κ1) is 15.7. The van der Waals surface area contributed by atoms with E-state index < -0.39 is 0 Å². The van der Waals surface area contributed by atoms with Crippen LogP contribution in [0.2, 0.25) is 0 Å². The number of anilines is 1. The largest absolute Gasteiger partial charge is 0.355 e. The Labute approximate surface area is 145 Å². The van der Waals surface area contributed by atoms with Crippen LogP contribution in [-0.4, -0.2) is 52.3 Å². The number of hydrogen-bond acceptors (Lipinski definition) is 4. The molecule has 1 amide bonds. The number of carbonyl (C=O) groups is 1. The summed E-state index contributed by atoms with van der Waals surface area (Å²) in [7, 11) is 3.82. The van der Waals surface area contributed by atoms with Crippen molar-refractivity contribution in [1.29, 1.82) is 0 Å². The number of carbonyl (C=O) groups excluding carboxylic acids is 1. The normalized spacial score (nSPS) is 21.5. The van der Waals surface area contributed by atoms with Crippen LogP contribution < -0.4 is 4.90 Å². The maximum absolute atomic E-state index is 12.9. The fourth-order valence-corrected chi connectivity index (χ4v) is 4.32. The van der Waals surface area contributed by atoms with E-state index in [0.29, 0.717) is 18.7 Å². The summed E-state index contributed by atoms with van der Waals surface area (Å²) >= 11 is 0.449. The molecule has 1 fully saturated rings. The topological polar surface area (TPSA) is 41.4 Å². The van der Waals surface area contributed by atoms with Gasteiger partial charge in [0.05, 0.1) is 10.8 Å².